The van der Waals surface area contributed by atoms with E-state index in [0.717, 1.165) is 11.3 Å². The lowest BCUT2D eigenvalue weighted by Crippen LogP contribution is -1.90. The summed E-state index contributed by atoms with van der Waals surface area (Å²) in [5, 5.41) is 0. The summed E-state index contributed by atoms with van der Waals surface area (Å²) in [4.78, 5) is 4.18. The standard InChI is InChI=1S/C13H12N2/c14-13-8-4-7-12(15-13)10-9-11-5-2-1-3-6-11/h1-10H,(H2,14,15)/b10-9+. The van der Waals surface area contributed by atoms with Crippen molar-refractivity contribution in [2.24, 2.45) is 0 Å². The summed E-state index contributed by atoms with van der Waals surface area (Å²) < 4.78 is 0. The van der Waals surface area contributed by atoms with E-state index in [1.807, 2.05) is 54.6 Å². The first-order valence-corrected chi connectivity index (χ1v) is 4.80. The number of pyridine rings is 1. The summed E-state index contributed by atoms with van der Waals surface area (Å²) in [5.41, 5.74) is 7.61. The molecule has 1 aromatic carbocycles. The Morgan fingerprint density at radius 3 is 2.40 bits per heavy atom. The van der Waals surface area contributed by atoms with Gasteiger partial charge < -0.3 is 5.73 Å². The van der Waals surface area contributed by atoms with Gasteiger partial charge in [-0.15, -0.1) is 0 Å². The van der Waals surface area contributed by atoms with Gasteiger partial charge in [-0.3, -0.25) is 0 Å². The van der Waals surface area contributed by atoms with Crippen molar-refractivity contribution >= 4 is 18.0 Å². The number of nitrogen functional groups attached to an aromatic ring is 1. The lowest BCUT2D eigenvalue weighted by atomic mass is 10.2. The van der Waals surface area contributed by atoms with Crippen LogP contribution in [0.25, 0.3) is 12.2 Å². The maximum absolute atomic E-state index is 5.58. The average Bonchev–Trinajstić information content (AvgIpc) is 2.28. The molecular weight excluding hydrogens is 184 g/mol. The van der Waals surface area contributed by atoms with Crippen molar-refractivity contribution < 1.29 is 0 Å². The minimum absolute atomic E-state index is 0.546. The summed E-state index contributed by atoms with van der Waals surface area (Å²) in [5.74, 6) is 0.546. The number of hydrogen-bond acceptors (Lipinski definition) is 2. The molecule has 0 radical (unpaired) electrons. The Hall–Kier alpha value is -2.09. The largest absolute Gasteiger partial charge is 0.384 e. The second kappa shape index (κ2) is 4.42. The van der Waals surface area contributed by atoms with E-state index in [9.17, 15) is 0 Å². The van der Waals surface area contributed by atoms with Gasteiger partial charge in [-0.1, -0.05) is 42.5 Å². The fraction of sp³-hybridized carbons (Fsp3) is 0. The third-order valence-corrected chi connectivity index (χ3v) is 2.04. The van der Waals surface area contributed by atoms with Crippen molar-refractivity contribution in [1.82, 2.24) is 4.98 Å². The Kier molecular flexibility index (Phi) is 2.79. The van der Waals surface area contributed by atoms with Gasteiger partial charge in [0.05, 0.1) is 5.69 Å². The zero-order chi connectivity index (χ0) is 10.5. The molecule has 0 saturated carbocycles. The predicted molar refractivity (Wildman–Crippen MR) is 64.0 cm³/mol. The Bertz CT molecular complexity index is 461. The molecule has 2 aromatic rings. The first-order valence-electron chi connectivity index (χ1n) is 4.80. The number of anilines is 1. The van der Waals surface area contributed by atoms with Crippen LogP contribution in [0, 0.1) is 0 Å². The van der Waals surface area contributed by atoms with Gasteiger partial charge in [0.25, 0.3) is 0 Å². The molecule has 2 heteroatoms. The molecule has 2 N–H and O–H groups in total. The van der Waals surface area contributed by atoms with Gasteiger partial charge in [0.15, 0.2) is 0 Å². The van der Waals surface area contributed by atoms with E-state index < -0.39 is 0 Å². The van der Waals surface area contributed by atoms with Crippen LogP contribution in [0.15, 0.2) is 48.5 Å². The molecule has 15 heavy (non-hydrogen) atoms. The second-order valence-electron chi connectivity index (χ2n) is 3.23. The number of aromatic nitrogens is 1. The van der Waals surface area contributed by atoms with Gasteiger partial charge in [0, 0.05) is 0 Å². The average molecular weight is 196 g/mol. The van der Waals surface area contributed by atoms with Crippen LogP contribution in [0.2, 0.25) is 0 Å². The maximum Gasteiger partial charge on any atom is 0.124 e. The Morgan fingerprint density at radius 1 is 0.867 bits per heavy atom. The van der Waals surface area contributed by atoms with Gasteiger partial charge in [-0.25, -0.2) is 4.98 Å². The van der Waals surface area contributed by atoms with Crippen LogP contribution in [-0.4, -0.2) is 4.98 Å². The molecule has 1 aromatic heterocycles. The SMILES string of the molecule is Nc1cccc(/C=C/c2ccccc2)n1. The zero-order valence-electron chi connectivity index (χ0n) is 8.30. The van der Waals surface area contributed by atoms with Crippen molar-refractivity contribution in [2.75, 3.05) is 5.73 Å². The molecule has 0 aliphatic rings. The molecule has 0 amide bonds. The van der Waals surface area contributed by atoms with E-state index >= 15 is 0 Å². The first-order chi connectivity index (χ1) is 7.34. The molecular formula is C13H12N2. The van der Waals surface area contributed by atoms with Gasteiger partial charge >= 0.3 is 0 Å². The highest BCUT2D eigenvalue weighted by Crippen LogP contribution is 2.07. The number of rotatable bonds is 2. The molecule has 1 heterocycles. The molecule has 0 atom stereocenters. The third kappa shape index (κ3) is 2.68. The summed E-state index contributed by atoms with van der Waals surface area (Å²) in [6, 6.07) is 15.7. The minimum atomic E-state index is 0.546. The highest BCUT2D eigenvalue weighted by molar-refractivity contribution is 5.68. The Labute approximate surface area is 89.1 Å². The molecule has 0 saturated heterocycles. The normalized spacial score (nSPS) is 10.7. The lowest BCUT2D eigenvalue weighted by Gasteiger charge is -1.95. The van der Waals surface area contributed by atoms with E-state index in [-0.39, 0.29) is 0 Å². The summed E-state index contributed by atoms with van der Waals surface area (Å²) in [6.07, 6.45) is 3.97. The molecule has 0 spiro atoms. The highest BCUT2D eigenvalue weighted by atomic mass is 14.8. The summed E-state index contributed by atoms with van der Waals surface area (Å²) >= 11 is 0. The molecule has 0 unspecified atom stereocenters. The van der Waals surface area contributed by atoms with Crippen molar-refractivity contribution in [3.8, 4) is 0 Å². The molecule has 2 nitrogen and oxygen atoms in total. The topological polar surface area (TPSA) is 38.9 Å². The van der Waals surface area contributed by atoms with E-state index in [1.165, 1.54) is 0 Å². The lowest BCUT2D eigenvalue weighted by molar-refractivity contribution is 1.31. The van der Waals surface area contributed by atoms with E-state index in [1.54, 1.807) is 6.07 Å². The quantitative estimate of drug-likeness (QED) is 0.802. The highest BCUT2D eigenvalue weighted by Gasteiger charge is 1.89. The van der Waals surface area contributed by atoms with Crippen LogP contribution < -0.4 is 5.73 Å². The Morgan fingerprint density at radius 2 is 1.67 bits per heavy atom. The van der Waals surface area contributed by atoms with E-state index in [4.69, 9.17) is 5.73 Å². The van der Waals surface area contributed by atoms with Crippen molar-refractivity contribution in [2.45, 2.75) is 0 Å². The minimum Gasteiger partial charge on any atom is -0.384 e. The third-order valence-electron chi connectivity index (χ3n) is 2.04. The number of benzene rings is 1. The fourth-order valence-electron chi connectivity index (χ4n) is 1.31. The van der Waals surface area contributed by atoms with Gasteiger partial charge in [-0.2, -0.15) is 0 Å². The number of nitrogens with two attached hydrogens (primary N) is 1. The van der Waals surface area contributed by atoms with Gasteiger partial charge in [-0.05, 0) is 23.8 Å². The fourth-order valence-corrected chi connectivity index (χ4v) is 1.31. The first kappa shape index (κ1) is 9.46. The smallest absolute Gasteiger partial charge is 0.124 e. The van der Waals surface area contributed by atoms with Crippen LogP contribution in [0.3, 0.4) is 0 Å². The summed E-state index contributed by atoms with van der Waals surface area (Å²) in [7, 11) is 0. The zero-order valence-corrected chi connectivity index (χ0v) is 8.30. The Balaban J connectivity index is 2.19. The van der Waals surface area contributed by atoms with E-state index in [0.29, 0.717) is 5.82 Å². The molecule has 0 bridgehead atoms. The van der Waals surface area contributed by atoms with Crippen LogP contribution in [0.4, 0.5) is 5.82 Å². The van der Waals surface area contributed by atoms with Crippen molar-refractivity contribution in [3.05, 3.63) is 59.8 Å². The molecule has 74 valence electrons. The summed E-state index contributed by atoms with van der Waals surface area (Å²) in [6.45, 7) is 0. The monoisotopic (exact) mass is 196 g/mol. The molecule has 0 fully saturated rings. The second-order valence-corrected chi connectivity index (χ2v) is 3.23. The van der Waals surface area contributed by atoms with E-state index in [2.05, 4.69) is 4.98 Å². The van der Waals surface area contributed by atoms with Gasteiger partial charge in [0.2, 0.25) is 0 Å². The van der Waals surface area contributed by atoms with Crippen molar-refractivity contribution in [1.29, 1.82) is 0 Å². The van der Waals surface area contributed by atoms with Crippen LogP contribution >= 0.6 is 0 Å². The van der Waals surface area contributed by atoms with Crippen LogP contribution in [-0.2, 0) is 0 Å². The van der Waals surface area contributed by atoms with Crippen LogP contribution in [0.1, 0.15) is 11.3 Å². The van der Waals surface area contributed by atoms with Gasteiger partial charge in [0.1, 0.15) is 5.82 Å². The molecule has 0 aliphatic carbocycles. The van der Waals surface area contributed by atoms with Crippen LogP contribution in [0.5, 0.6) is 0 Å². The molecule has 0 aliphatic heterocycles. The predicted octanol–water partition coefficient (Wildman–Crippen LogP) is 2.83. The molecule has 2 rings (SSSR count). The number of nitrogens with zero attached hydrogens (tertiary/aromatic N) is 1. The maximum atomic E-state index is 5.58. The number of hydrogen-bond donors (Lipinski definition) is 1. The van der Waals surface area contributed by atoms with Crippen molar-refractivity contribution in [3.63, 3.8) is 0 Å².